The van der Waals surface area contributed by atoms with Crippen LogP contribution < -0.4 is 15.0 Å². The second-order valence-electron chi connectivity index (χ2n) is 6.81. The number of carbonyl (C=O) groups excluding carboxylic acids is 1. The molecule has 0 aliphatic carbocycles. The fourth-order valence-corrected chi connectivity index (χ4v) is 3.99. The molecule has 31 heavy (non-hydrogen) atoms. The second kappa shape index (κ2) is 8.50. The van der Waals surface area contributed by atoms with Crippen LogP contribution in [-0.2, 0) is 12.6 Å². The van der Waals surface area contributed by atoms with Crippen molar-refractivity contribution < 1.29 is 22.7 Å². The maximum Gasteiger partial charge on any atom is 0.417 e. The summed E-state index contributed by atoms with van der Waals surface area (Å²) in [5.74, 6) is 0.987. The van der Waals surface area contributed by atoms with Crippen molar-refractivity contribution in [3.8, 4) is 11.6 Å². The van der Waals surface area contributed by atoms with Crippen LogP contribution in [0.3, 0.4) is 0 Å². The smallest absolute Gasteiger partial charge is 0.417 e. The van der Waals surface area contributed by atoms with Crippen LogP contribution in [0.1, 0.15) is 11.1 Å². The number of fused-ring (bicyclic) bond motifs is 1. The Hall–Kier alpha value is -3.20. The number of amides is 2. The van der Waals surface area contributed by atoms with Gasteiger partial charge in [-0.1, -0.05) is 18.2 Å². The van der Waals surface area contributed by atoms with E-state index in [1.807, 2.05) is 18.2 Å². The highest BCUT2D eigenvalue weighted by molar-refractivity contribution is 7.98. The van der Waals surface area contributed by atoms with Crippen LogP contribution in [0, 0.1) is 0 Å². The highest BCUT2D eigenvalue weighted by atomic mass is 32.2. The van der Waals surface area contributed by atoms with Crippen molar-refractivity contribution >= 4 is 29.2 Å². The first-order valence-electron chi connectivity index (χ1n) is 9.41. The number of ether oxygens (including phenoxy) is 1. The summed E-state index contributed by atoms with van der Waals surface area (Å²) in [4.78, 5) is 18.4. The van der Waals surface area contributed by atoms with Crippen molar-refractivity contribution in [2.75, 3.05) is 23.0 Å². The molecule has 3 aromatic rings. The van der Waals surface area contributed by atoms with Crippen molar-refractivity contribution in [2.24, 2.45) is 0 Å². The number of aromatic nitrogens is 1. The third-order valence-corrected chi connectivity index (χ3v) is 5.58. The third kappa shape index (κ3) is 4.61. The molecule has 2 heterocycles. The largest absolute Gasteiger partial charge is 0.439 e. The van der Waals surface area contributed by atoms with Crippen molar-refractivity contribution in [3.05, 3.63) is 71.9 Å². The molecular formula is C22H18F3N3O2S. The molecule has 0 fully saturated rings. The van der Waals surface area contributed by atoms with Crippen LogP contribution in [0.25, 0.3) is 0 Å². The molecule has 0 radical (unpaired) electrons. The van der Waals surface area contributed by atoms with Gasteiger partial charge in [-0.25, -0.2) is 9.78 Å². The Morgan fingerprint density at radius 1 is 1.16 bits per heavy atom. The van der Waals surface area contributed by atoms with E-state index in [-0.39, 0.29) is 10.6 Å². The Morgan fingerprint density at radius 3 is 2.58 bits per heavy atom. The number of rotatable bonds is 4. The van der Waals surface area contributed by atoms with Gasteiger partial charge in [-0.15, -0.1) is 11.8 Å². The lowest BCUT2D eigenvalue weighted by molar-refractivity contribution is -0.139. The molecule has 9 heteroatoms. The number of halogens is 3. The minimum absolute atomic E-state index is 0.159. The quantitative estimate of drug-likeness (QED) is 0.485. The molecule has 5 nitrogen and oxygen atoms in total. The van der Waals surface area contributed by atoms with E-state index in [2.05, 4.69) is 10.3 Å². The Bertz CT molecular complexity index is 1090. The lowest BCUT2D eigenvalue weighted by Crippen LogP contribution is -2.33. The van der Waals surface area contributed by atoms with Gasteiger partial charge in [0.05, 0.1) is 17.4 Å². The maximum atomic E-state index is 13.4. The van der Waals surface area contributed by atoms with Crippen molar-refractivity contribution in [3.63, 3.8) is 0 Å². The van der Waals surface area contributed by atoms with Gasteiger partial charge in [0, 0.05) is 23.2 Å². The van der Waals surface area contributed by atoms with E-state index in [9.17, 15) is 18.0 Å². The molecule has 2 amide bonds. The molecule has 0 bridgehead atoms. The number of pyridine rings is 1. The predicted octanol–water partition coefficient (Wildman–Crippen LogP) is 6.21. The molecule has 1 aromatic heterocycles. The summed E-state index contributed by atoms with van der Waals surface area (Å²) in [5.41, 5.74) is 0.676. The van der Waals surface area contributed by atoms with E-state index in [1.165, 1.54) is 17.2 Å². The molecule has 0 saturated heterocycles. The van der Waals surface area contributed by atoms with Crippen molar-refractivity contribution in [1.82, 2.24) is 4.98 Å². The molecule has 160 valence electrons. The first kappa shape index (κ1) is 21.0. The average molecular weight is 445 g/mol. The topological polar surface area (TPSA) is 54.5 Å². The number of urea groups is 1. The van der Waals surface area contributed by atoms with Gasteiger partial charge in [0.2, 0.25) is 5.88 Å². The van der Waals surface area contributed by atoms with Crippen LogP contribution in [0.15, 0.2) is 65.7 Å². The summed E-state index contributed by atoms with van der Waals surface area (Å²) in [7, 11) is 0. The van der Waals surface area contributed by atoms with Crippen LogP contribution in [0.4, 0.5) is 29.3 Å². The lowest BCUT2D eigenvalue weighted by atomic mass is 10.1. The Morgan fingerprint density at radius 2 is 1.94 bits per heavy atom. The number of alkyl halides is 3. The average Bonchev–Trinajstić information content (AvgIpc) is 3.17. The van der Waals surface area contributed by atoms with Gasteiger partial charge in [-0.2, -0.15) is 13.2 Å². The minimum Gasteiger partial charge on any atom is -0.439 e. The van der Waals surface area contributed by atoms with Crippen LogP contribution in [0.5, 0.6) is 11.6 Å². The van der Waals surface area contributed by atoms with Crippen molar-refractivity contribution in [1.29, 1.82) is 0 Å². The Kier molecular flexibility index (Phi) is 5.77. The molecule has 2 aromatic carbocycles. The summed E-state index contributed by atoms with van der Waals surface area (Å²) < 4.78 is 45.9. The number of anilines is 2. The van der Waals surface area contributed by atoms with Gasteiger partial charge in [-0.05, 0) is 48.6 Å². The molecule has 1 aliphatic heterocycles. The van der Waals surface area contributed by atoms with E-state index >= 15 is 0 Å². The molecular weight excluding hydrogens is 427 g/mol. The minimum atomic E-state index is -4.49. The summed E-state index contributed by atoms with van der Waals surface area (Å²) in [6.45, 7) is 0.304. The number of nitrogens with one attached hydrogen (secondary N) is 1. The molecule has 1 N–H and O–H groups in total. The zero-order chi connectivity index (χ0) is 22.0. The van der Waals surface area contributed by atoms with Crippen LogP contribution in [-0.4, -0.2) is 23.8 Å². The summed E-state index contributed by atoms with van der Waals surface area (Å²) in [6.07, 6.45) is -0.952. The van der Waals surface area contributed by atoms with E-state index in [1.54, 1.807) is 30.5 Å². The first-order valence-corrected chi connectivity index (χ1v) is 10.6. The fraction of sp³-hybridized carbons (Fsp3) is 0.182. The SMILES string of the molecule is CSc1cc2c(cc1C(F)(F)F)N(C(=O)Nc1ccc(Oc3ccccc3)nc1)CC2. The monoisotopic (exact) mass is 445 g/mol. The standard InChI is InChI=1S/C22H18F3N3O2S/c1-31-19-11-14-9-10-28(18(14)12-17(19)22(23,24)25)21(29)27-15-7-8-20(26-13-15)30-16-5-3-2-4-6-16/h2-8,11-13H,9-10H2,1H3,(H,27,29). The summed E-state index contributed by atoms with van der Waals surface area (Å²) in [5, 5.41) is 2.69. The summed E-state index contributed by atoms with van der Waals surface area (Å²) >= 11 is 1.04. The van der Waals surface area contributed by atoms with Gasteiger partial charge in [0.15, 0.2) is 0 Å². The maximum absolute atomic E-state index is 13.4. The Labute approximate surface area is 181 Å². The number of hydrogen-bond acceptors (Lipinski definition) is 4. The summed E-state index contributed by atoms with van der Waals surface area (Å²) in [6, 6.07) is 14.4. The van der Waals surface area contributed by atoms with Gasteiger partial charge >= 0.3 is 12.2 Å². The molecule has 0 spiro atoms. The number of benzene rings is 2. The second-order valence-corrected chi connectivity index (χ2v) is 7.66. The van der Waals surface area contributed by atoms with Crippen LogP contribution in [0.2, 0.25) is 0 Å². The third-order valence-electron chi connectivity index (χ3n) is 4.80. The van der Waals surface area contributed by atoms with Gasteiger partial charge < -0.3 is 10.1 Å². The zero-order valence-corrected chi connectivity index (χ0v) is 17.3. The normalized spacial score (nSPS) is 13.1. The van der Waals surface area contributed by atoms with E-state index in [0.29, 0.717) is 30.3 Å². The van der Waals surface area contributed by atoms with E-state index in [0.717, 1.165) is 23.4 Å². The van der Waals surface area contributed by atoms with E-state index < -0.39 is 17.8 Å². The Balaban J connectivity index is 1.49. The number of para-hydroxylation sites is 1. The van der Waals surface area contributed by atoms with Gasteiger partial charge in [-0.3, -0.25) is 4.90 Å². The first-order chi connectivity index (χ1) is 14.8. The lowest BCUT2D eigenvalue weighted by Gasteiger charge is -2.20. The molecule has 0 unspecified atom stereocenters. The number of thioether (sulfide) groups is 1. The number of hydrogen-bond donors (Lipinski definition) is 1. The van der Waals surface area contributed by atoms with Crippen LogP contribution >= 0.6 is 11.8 Å². The van der Waals surface area contributed by atoms with E-state index in [4.69, 9.17) is 4.74 Å². The number of nitrogens with zero attached hydrogens (tertiary/aromatic N) is 2. The highest BCUT2D eigenvalue weighted by Gasteiger charge is 2.36. The number of carbonyl (C=O) groups is 1. The van der Waals surface area contributed by atoms with Crippen molar-refractivity contribution in [2.45, 2.75) is 17.5 Å². The highest BCUT2D eigenvalue weighted by Crippen LogP contribution is 2.42. The molecule has 0 atom stereocenters. The van der Waals surface area contributed by atoms with Gasteiger partial charge in [0.1, 0.15) is 5.75 Å². The molecule has 0 saturated carbocycles. The van der Waals surface area contributed by atoms with Gasteiger partial charge in [0.25, 0.3) is 0 Å². The molecule has 4 rings (SSSR count). The predicted molar refractivity (Wildman–Crippen MR) is 114 cm³/mol. The fourth-order valence-electron chi connectivity index (χ4n) is 3.33. The zero-order valence-electron chi connectivity index (χ0n) is 16.4. The molecule has 1 aliphatic rings.